The van der Waals surface area contributed by atoms with Gasteiger partial charge < -0.3 is 35.8 Å². The van der Waals surface area contributed by atoms with Gasteiger partial charge in [0.15, 0.2) is 0 Å². The van der Waals surface area contributed by atoms with Gasteiger partial charge in [-0.2, -0.15) is 0 Å². The van der Waals surface area contributed by atoms with E-state index in [9.17, 15) is 24.0 Å². The van der Waals surface area contributed by atoms with Gasteiger partial charge in [0.1, 0.15) is 24.4 Å². The molecule has 12 heteroatoms. The number of nitrogens with one attached hydrogen (secondary N) is 4. The fraction of sp³-hybridized carbons (Fsp3) is 0.500. The van der Waals surface area contributed by atoms with E-state index >= 15 is 0 Å². The number of ether oxygens (including phenoxy) is 1. The number of carbonyl (C=O) groups is 5. The molecule has 0 saturated carbocycles. The van der Waals surface area contributed by atoms with E-state index < -0.39 is 47.7 Å². The number of unbranched alkanes of at least 4 members (excludes halogenated alkanes) is 1. The van der Waals surface area contributed by atoms with Gasteiger partial charge in [-0.15, -0.1) is 0 Å². The Labute approximate surface area is 271 Å². The molecular weight excluding hydrogens is 588 g/mol. The highest BCUT2D eigenvalue weighted by molar-refractivity contribution is 6.01. The minimum atomic E-state index is -1.22. The van der Waals surface area contributed by atoms with E-state index in [4.69, 9.17) is 4.74 Å². The fourth-order valence-corrected chi connectivity index (χ4v) is 4.97. The van der Waals surface area contributed by atoms with Crippen molar-refractivity contribution in [1.29, 1.82) is 0 Å². The molecule has 0 saturated heterocycles. The molecule has 0 aromatic heterocycles. The predicted octanol–water partition coefficient (Wildman–Crippen LogP) is 1.70. The second kappa shape index (κ2) is 17.9. The predicted molar refractivity (Wildman–Crippen MR) is 175 cm³/mol. The quantitative estimate of drug-likeness (QED) is 0.306. The van der Waals surface area contributed by atoms with Crippen LogP contribution in [0, 0.1) is 5.92 Å². The normalized spacial score (nSPS) is 20.2. The molecule has 1 aliphatic rings. The summed E-state index contributed by atoms with van der Waals surface area (Å²) in [6, 6.07) is 13.2. The number of carbonyl (C=O) groups excluding carboxylic acids is 5. The first-order chi connectivity index (χ1) is 21.9. The molecule has 0 radical (unpaired) electrons. The van der Waals surface area contributed by atoms with Gasteiger partial charge >= 0.3 is 0 Å². The van der Waals surface area contributed by atoms with Crippen LogP contribution in [-0.4, -0.2) is 97.8 Å². The van der Waals surface area contributed by atoms with Crippen LogP contribution in [-0.2, 0) is 25.7 Å². The molecule has 5 amide bonds. The Bertz CT molecular complexity index is 1330. The minimum Gasteiger partial charge on any atom is -0.491 e. The van der Waals surface area contributed by atoms with Crippen molar-refractivity contribution in [3.05, 3.63) is 65.7 Å². The zero-order valence-corrected chi connectivity index (χ0v) is 27.5. The number of hydrogen-bond donors (Lipinski definition) is 4. The van der Waals surface area contributed by atoms with E-state index in [0.29, 0.717) is 6.54 Å². The van der Waals surface area contributed by atoms with Crippen molar-refractivity contribution < 1.29 is 28.7 Å². The molecule has 250 valence electrons. The number of hydrogen-bond acceptors (Lipinski definition) is 7. The number of amides is 5. The maximum Gasteiger partial charge on any atom is 0.255 e. The van der Waals surface area contributed by atoms with E-state index in [1.54, 1.807) is 31.2 Å². The summed E-state index contributed by atoms with van der Waals surface area (Å²) >= 11 is 0. The van der Waals surface area contributed by atoms with Gasteiger partial charge in [0.05, 0.1) is 24.6 Å². The summed E-state index contributed by atoms with van der Waals surface area (Å²) in [6.07, 6.45) is 1.20. The molecule has 0 fully saturated rings. The lowest BCUT2D eigenvalue weighted by Crippen LogP contribution is -2.54. The minimum absolute atomic E-state index is 0.0506. The fourth-order valence-electron chi connectivity index (χ4n) is 4.97. The highest BCUT2D eigenvalue weighted by atomic mass is 16.5. The van der Waals surface area contributed by atoms with Crippen molar-refractivity contribution in [2.75, 3.05) is 40.3 Å². The zero-order valence-electron chi connectivity index (χ0n) is 27.5. The summed E-state index contributed by atoms with van der Waals surface area (Å²) in [5, 5.41) is 11.2. The highest BCUT2D eigenvalue weighted by Crippen LogP contribution is 2.19. The zero-order chi connectivity index (χ0) is 33.6. The van der Waals surface area contributed by atoms with Gasteiger partial charge in [-0.1, -0.05) is 56.3 Å². The van der Waals surface area contributed by atoms with Crippen molar-refractivity contribution in [3.63, 3.8) is 0 Å². The van der Waals surface area contributed by atoms with Gasteiger partial charge in [0.25, 0.3) is 5.91 Å². The van der Waals surface area contributed by atoms with Gasteiger partial charge in [0, 0.05) is 13.1 Å². The number of nitrogens with zero attached hydrogens (tertiary/aromatic N) is 2. The summed E-state index contributed by atoms with van der Waals surface area (Å²) in [4.78, 5) is 70.8. The highest BCUT2D eigenvalue weighted by Gasteiger charge is 2.31. The van der Waals surface area contributed by atoms with E-state index in [-0.39, 0.29) is 43.3 Å². The van der Waals surface area contributed by atoms with Gasteiger partial charge in [-0.25, -0.2) is 0 Å². The largest absolute Gasteiger partial charge is 0.491 e. The maximum absolute atomic E-state index is 13.9. The van der Waals surface area contributed by atoms with Crippen LogP contribution in [0.1, 0.15) is 56.0 Å². The average Bonchev–Trinajstić information content (AvgIpc) is 3.01. The van der Waals surface area contributed by atoms with Crippen LogP contribution in [0.25, 0.3) is 0 Å². The third-order valence-corrected chi connectivity index (χ3v) is 7.51. The first-order valence-electron chi connectivity index (χ1n) is 15.8. The second-order valence-corrected chi connectivity index (χ2v) is 12.3. The average molecular weight is 637 g/mol. The van der Waals surface area contributed by atoms with Crippen molar-refractivity contribution in [2.24, 2.45) is 5.92 Å². The molecule has 46 heavy (non-hydrogen) atoms. The van der Waals surface area contributed by atoms with Crippen LogP contribution in [0.3, 0.4) is 0 Å². The van der Waals surface area contributed by atoms with Crippen LogP contribution in [0.5, 0.6) is 5.75 Å². The molecule has 1 aliphatic heterocycles. The Balaban J connectivity index is 1.95. The molecule has 3 atom stereocenters. The van der Waals surface area contributed by atoms with E-state index in [0.717, 1.165) is 24.9 Å². The lowest BCUT2D eigenvalue weighted by atomic mass is 10.0. The number of para-hydroxylation sites is 1. The Morgan fingerprint density at radius 2 is 1.67 bits per heavy atom. The van der Waals surface area contributed by atoms with Crippen LogP contribution in [0.2, 0.25) is 0 Å². The van der Waals surface area contributed by atoms with Crippen molar-refractivity contribution in [3.8, 4) is 5.75 Å². The Morgan fingerprint density at radius 1 is 0.978 bits per heavy atom. The Hall–Kier alpha value is -4.45. The summed E-state index contributed by atoms with van der Waals surface area (Å²) in [5.41, 5.74) is 0.957. The summed E-state index contributed by atoms with van der Waals surface area (Å²) < 4.78 is 5.93. The molecule has 0 spiro atoms. The molecule has 3 rings (SSSR count). The summed E-state index contributed by atoms with van der Waals surface area (Å²) in [5.74, 6) is -2.51. The third kappa shape index (κ3) is 11.5. The molecule has 0 aliphatic carbocycles. The number of fused-ring (bicyclic) bond motifs is 1. The van der Waals surface area contributed by atoms with Crippen molar-refractivity contribution in [2.45, 2.75) is 64.7 Å². The summed E-state index contributed by atoms with van der Waals surface area (Å²) in [7, 11) is 3.95. The number of rotatable bonds is 9. The maximum atomic E-state index is 13.9. The van der Waals surface area contributed by atoms with Crippen molar-refractivity contribution in [1.82, 2.24) is 31.1 Å². The molecule has 2 aromatic carbocycles. The first-order valence-corrected chi connectivity index (χ1v) is 15.8. The monoisotopic (exact) mass is 636 g/mol. The summed E-state index contributed by atoms with van der Waals surface area (Å²) in [6.45, 7) is 6.42. The molecule has 0 unspecified atom stereocenters. The molecule has 12 nitrogen and oxygen atoms in total. The Kier molecular flexibility index (Phi) is 14.0. The standard InChI is InChI=1S/C34H48N6O6/c1-23(2)31-34(45)36-24(3)22-46-28-16-10-9-15-26(28)32(43)37-27(33(44)35-17-11-12-18-39(4)5)19-30(42)40(21-29(41)38-31)20-25-13-7-6-8-14-25/h6-10,13-16,23-24,27,31H,11-12,17-22H2,1-5H3,(H,35,44)(H,36,45)(H,37,43)(H,38,41)/t24-,27-,31+/m0/s1. The van der Waals surface area contributed by atoms with E-state index in [1.165, 1.54) is 4.90 Å². The molecule has 1 heterocycles. The smallest absolute Gasteiger partial charge is 0.255 e. The lowest BCUT2D eigenvalue weighted by molar-refractivity contribution is -0.139. The Morgan fingerprint density at radius 3 is 2.37 bits per heavy atom. The third-order valence-electron chi connectivity index (χ3n) is 7.51. The first kappa shape index (κ1) is 36.0. The topological polar surface area (TPSA) is 149 Å². The molecule has 4 N–H and O–H groups in total. The van der Waals surface area contributed by atoms with E-state index in [1.807, 2.05) is 58.3 Å². The van der Waals surface area contributed by atoms with Crippen LogP contribution >= 0.6 is 0 Å². The number of benzene rings is 2. The molecule has 0 bridgehead atoms. The van der Waals surface area contributed by atoms with Crippen LogP contribution in [0.15, 0.2) is 54.6 Å². The van der Waals surface area contributed by atoms with Crippen LogP contribution in [0.4, 0.5) is 0 Å². The molecular formula is C34H48N6O6. The SMILES string of the molecule is CC(C)[C@H]1NC(=O)CN(Cc2ccccc2)C(=O)C[C@@H](C(=O)NCCCCN(C)C)NC(=O)c2ccccc2OC[C@H](C)NC1=O. The van der Waals surface area contributed by atoms with Gasteiger partial charge in [-0.3, -0.25) is 24.0 Å². The lowest BCUT2D eigenvalue weighted by Gasteiger charge is -2.27. The molecule has 2 aromatic rings. The van der Waals surface area contributed by atoms with E-state index in [2.05, 4.69) is 26.2 Å². The van der Waals surface area contributed by atoms with Crippen LogP contribution < -0.4 is 26.0 Å². The second-order valence-electron chi connectivity index (χ2n) is 12.3. The van der Waals surface area contributed by atoms with Gasteiger partial charge in [-0.05, 0) is 64.0 Å². The van der Waals surface area contributed by atoms with Gasteiger partial charge in [0.2, 0.25) is 23.6 Å². The van der Waals surface area contributed by atoms with Crippen molar-refractivity contribution >= 4 is 29.5 Å².